The van der Waals surface area contributed by atoms with Crippen LogP contribution in [0, 0.1) is 0 Å². The van der Waals surface area contributed by atoms with Gasteiger partial charge in [-0.25, -0.2) is 4.79 Å². The fourth-order valence-electron chi connectivity index (χ4n) is 3.88. The highest BCUT2D eigenvalue weighted by Crippen LogP contribution is 2.40. The molecule has 0 bridgehead atoms. The summed E-state index contributed by atoms with van der Waals surface area (Å²) in [5.41, 5.74) is 6.58. The maximum absolute atomic E-state index is 12.5. The number of amides is 2. The molecule has 2 amide bonds. The molecule has 6 nitrogen and oxygen atoms in total. The van der Waals surface area contributed by atoms with Crippen LogP contribution in [0.1, 0.15) is 16.7 Å². The Kier molecular flexibility index (Phi) is 5.48. The third-order valence-corrected chi connectivity index (χ3v) is 5.28. The van der Waals surface area contributed by atoms with E-state index in [4.69, 9.17) is 14.2 Å². The van der Waals surface area contributed by atoms with E-state index in [1.54, 1.807) is 27.4 Å². The molecular formula is C24H24N2O4. The largest absolute Gasteiger partial charge is 0.493 e. The Bertz CT molecular complexity index is 1090. The minimum atomic E-state index is -0.290. The molecule has 1 aliphatic rings. The summed E-state index contributed by atoms with van der Waals surface area (Å²) in [4.78, 5) is 12.5. The summed E-state index contributed by atoms with van der Waals surface area (Å²) in [6.07, 6.45) is 0.880. The molecule has 0 saturated carbocycles. The monoisotopic (exact) mass is 404 g/mol. The summed E-state index contributed by atoms with van der Waals surface area (Å²) in [7, 11) is 4.68. The zero-order valence-electron chi connectivity index (χ0n) is 17.2. The molecule has 0 heterocycles. The number of benzene rings is 3. The molecule has 1 aliphatic carbocycles. The van der Waals surface area contributed by atoms with Crippen molar-refractivity contribution in [2.24, 2.45) is 0 Å². The summed E-state index contributed by atoms with van der Waals surface area (Å²) in [6, 6.07) is 17.8. The number of rotatable bonds is 6. The van der Waals surface area contributed by atoms with Gasteiger partial charge in [-0.15, -0.1) is 0 Å². The van der Waals surface area contributed by atoms with E-state index in [1.165, 1.54) is 22.3 Å². The lowest BCUT2D eigenvalue weighted by Gasteiger charge is -2.16. The Balaban J connectivity index is 1.43. The predicted molar refractivity (Wildman–Crippen MR) is 117 cm³/mol. The van der Waals surface area contributed by atoms with Gasteiger partial charge in [-0.05, 0) is 52.9 Å². The molecule has 0 radical (unpaired) electrons. The first-order valence-electron chi connectivity index (χ1n) is 9.68. The number of methoxy groups -OCH3 is 3. The van der Waals surface area contributed by atoms with Gasteiger partial charge in [-0.1, -0.05) is 30.3 Å². The maximum atomic E-state index is 12.5. The van der Waals surface area contributed by atoms with Gasteiger partial charge in [0.25, 0.3) is 0 Å². The zero-order chi connectivity index (χ0) is 21.1. The maximum Gasteiger partial charge on any atom is 0.319 e. The van der Waals surface area contributed by atoms with Gasteiger partial charge in [0.2, 0.25) is 5.75 Å². The fourth-order valence-corrected chi connectivity index (χ4v) is 3.88. The summed E-state index contributed by atoms with van der Waals surface area (Å²) < 4.78 is 16.2. The molecule has 0 aliphatic heterocycles. The number of urea groups is 1. The van der Waals surface area contributed by atoms with Gasteiger partial charge in [-0.2, -0.15) is 0 Å². The minimum absolute atomic E-state index is 0.283. The number of ether oxygens (including phenoxy) is 3. The molecule has 6 heteroatoms. The van der Waals surface area contributed by atoms with Crippen LogP contribution >= 0.6 is 0 Å². The van der Waals surface area contributed by atoms with Crippen LogP contribution in [-0.4, -0.2) is 27.4 Å². The van der Waals surface area contributed by atoms with E-state index in [0.29, 0.717) is 17.2 Å². The average molecular weight is 404 g/mol. The molecule has 0 aromatic heterocycles. The first-order valence-corrected chi connectivity index (χ1v) is 9.68. The third kappa shape index (κ3) is 3.64. The fraction of sp³-hybridized carbons (Fsp3) is 0.208. The molecule has 2 N–H and O–H groups in total. The van der Waals surface area contributed by atoms with Gasteiger partial charge in [0.15, 0.2) is 11.5 Å². The highest BCUT2D eigenvalue weighted by molar-refractivity contribution is 5.90. The topological polar surface area (TPSA) is 68.8 Å². The number of hydrogen-bond donors (Lipinski definition) is 2. The van der Waals surface area contributed by atoms with Crippen molar-refractivity contribution >= 4 is 11.7 Å². The van der Waals surface area contributed by atoms with Gasteiger partial charge < -0.3 is 24.8 Å². The van der Waals surface area contributed by atoms with Gasteiger partial charge in [0.05, 0.1) is 21.3 Å². The molecule has 0 fully saturated rings. The zero-order valence-corrected chi connectivity index (χ0v) is 17.2. The minimum Gasteiger partial charge on any atom is -0.493 e. The lowest BCUT2D eigenvalue weighted by atomic mass is 10.1. The van der Waals surface area contributed by atoms with Crippen molar-refractivity contribution in [3.63, 3.8) is 0 Å². The highest BCUT2D eigenvalue weighted by Gasteiger charge is 2.19. The number of carbonyl (C=O) groups excluding carboxylic acids is 1. The van der Waals surface area contributed by atoms with Gasteiger partial charge in [0.1, 0.15) is 0 Å². The molecule has 154 valence electrons. The van der Waals surface area contributed by atoms with Crippen molar-refractivity contribution in [3.05, 3.63) is 71.3 Å². The van der Waals surface area contributed by atoms with E-state index in [0.717, 1.165) is 17.7 Å². The smallest absolute Gasteiger partial charge is 0.319 e. The lowest BCUT2D eigenvalue weighted by molar-refractivity contribution is 0.251. The predicted octanol–water partition coefficient (Wildman–Crippen LogP) is 4.61. The number of carbonyl (C=O) groups is 1. The van der Waals surface area contributed by atoms with Crippen LogP contribution in [0.2, 0.25) is 0 Å². The van der Waals surface area contributed by atoms with Crippen LogP contribution in [0.4, 0.5) is 10.5 Å². The van der Waals surface area contributed by atoms with E-state index < -0.39 is 0 Å². The van der Waals surface area contributed by atoms with E-state index in [-0.39, 0.29) is 12.6 Å². The summed E-state index contributed by atoms with van der Waals surface area (Å²) in [6.45, 7) is 0.283. The van der Waals surface area contributed by atoms with Crippen LogP contribution in [0.5, 0.6) is 17.2 Å². The van der Waals surface area contributed by atoms with Crippen molar-refractivity contribution in [1.29, 1.82) is 0 Å². The molecule has 3 aromatic rings. The van der Waals surface area contributed by atoms with Crippen LogP contribution in [0.15, 0.2) is 54.6 Å². The van der Waals surface area contributed by atoms with Crippen LogP contribution in [-0.2, 0) is 13.0 Å². The molecule has 3 aromatic carbocycles. The number of nitrogens with one attached hydrogen (secondary N) is 2. The molecule has 0 spiro atoms. The van der Waals surface area contributed by atoms with Gasteiger partial charge in [-0.3, -0.25) is 0 Å². The molecule has 0 unspecified atom stereocenters. The Labute approximate surface area is 175 Å². The number of fused-ring (bicyclic) bond motifs is 3. The van der Waals surface area contributed by atoms with Crippen molar-refractivity contribution in [2.45, 2.75) is 13.0 Å². The standard InChI is InChI=1S/C24H24N2O4/c1-28-21-11-8-16(22(29-2)23(21)30-3)14-25-24(27)26-18-9-10-20-17(13-18)12-15-6-4-5-7-19(15)20/h4-11,13H,12,14H2,1-3H3,(H2,25,26,27). The Morgan fingerprint density at radius 3 is 2.40 bits per heavy atom. The second kappa shape index (κ2) is 8.37. The Morgan fingerprint density at radius 2 is 1.63 bits per heavy atom. The van der Waals surface area contributed by atoms with Crippen molar-refractivity contribution in [3.8, 4) is 28.4 Å². The molecule has 30 heavy (non-hydrogen) atoms. The highest BCUT2D eigenvalue weighted by atomic mass is 16.5. The van der Waals surface area contributed by atoms with E-state index >= 15 is 0 Å². The molecule has 0 saturated heterocycles. The molecular weight excluding hydrogens is 380 g/mol. The van der Waals surface area contributed by atoms with Crippen LogP contribution in [0.25, 0.3) is 11.1 Å². The third-order valence-electron chi connectivity index (χ3n) is 5.28. The Hall–Kier alpha value is -3.67. The number of hydrogen-bond acceptors (Lipinski definition) is 4. The molecule has 0 atom stereocenters. The first kappa shape index (κ1) is 19.6. The van der Waals surface area contributed by atoms with E-state index in [2.05, 4.69) is 41.0 Å². The lowest BCUT2D eigenvalue weighted by Crippen LogP contribution is -2.28. The van der Waals surface area contributed by atoms with Crippen molar-refractivity contribution < 1.29 is 19.0 Å². The summed E-state index contributed by atoms with van der Waals surface area (Å²) in [5, 5.41) is 5.78. The SMILES string of the molecule is COc1ccc(CNC(=O)Nc2ccc3c(c2)Cc2ccccc2-3)c(OC)c1OC. The normalized spacial score (nSPS) is 11.3. The van der Waals surface area contributed by atoms with E-state index in [9.17, 15) is 4.79 Å². The van der Waals surface area contributed by atoms with Crippen molar-refractivity contribution in [2.75, 3.05) is 26.6 Å². The summed E-state index contributed by atoms with van der Waals surface area (Å²) >= 11 is 0. The van der Waals surface area contributed by atoms with Crippen LogP contribution < -0.4 is 24.8 Å². The average Bonchev–Trinajstić information content (AvgIpc) is 3.14. The number of anilines is 1. The van der Waals surface area contributed by atoms with Crippen molar-refractivity contribution in [1.82, 2.24) is 5.32 Å². The van der Waals surface area contributed by atoms with Gasteiger partial charge >= 0.3 is 6.03 Å². The van der Waals surface area contributed by atoms with E-state index in [1.807, 2.05) is 18.2 Å². The molecule has 4 rings (SSSR count). The van der Waals surface area contributed by atoms with Gasteiger partial charge in [0, 0.05) is 17.8 Å². The second-order valence-electron chi connectivity index (χ2n) is 7.01. The van der Waals surface area contributed by atoms with Crippen LogP contribution in [0.3, 0.4) is 0 Å². The Morgan fingerprint density at radius 1 is 0.867 bits per heavy atom. The quantitative estimate of drug-likeness (QED) is 0.493. The second-order valence-corrected chi connectivity index (χ2v) is 7.01. The summed E-state index contributed by atoms with van der Waals surface area (Å²) in [5.74, 6) is 1.60. The first-order chi connectivity index (χ1) is 14.6.